The number of benzene rings is 1. The quantitative estimate of drug-likeness (QED) is 0.446. The van der Waals surface area contributed by atoms with E-state index in [0.717, 1.165) is 21.3 Å². The Morgan fingerprint density at radius 3 is 2.72 bits per heavy atom. The summed E-state index contributed by atoms with van der Waals surface area (Å²) in [7, 11) is 0. The SMILES string of the molecule is CSc1sc(C(=N)N)cc1NCc1ccccc1. The molecule has 2 aromatic rings. The van der Waals surface area contributed by atoms with Gasteiger partial charge < -0.3 is 11.1 Å². The first-order chi connectivity index (χ1) is 8.70. The van der Waals surface area contributed by atoms with Gasteiger partial charge in [-0.25, -0.2) is 0 Å². The Hall–Kier alpha value is -1.46. The van der Waals surface area contributed by atoms with Crippen molar-refractivity contribution in [3.05, 3.63) is 46.8 Å². The molecule has 0 amide bonds. The maximum Gasteiger partial charge on any atom is 0.133 e. The van der Waals surface area contributed by atoms with Crippen LogP contribution in [0, 0.1) is 5.41 Å². The average molecular weight is 277 g/mol. The number of anilines is 1. The van der Waals surface area contributed by atoms with E-state index in [9.17, 15) is 0 Å². The normalized spacial score (nSPS) is 10.3. The Kier molecular flexibility index (Phi) is 4.28. The van der Waals surface area contributed by atoms with Crippen LogP contribution in [0.4, 0.5) is 5.69 Å². The third-order valence-electron chi connectivity index (χ3n) is 2.47. The van der Waals surface area contributed by atoms with Gasteiger partial charge in [-0.15, -0.1) is 23.1 Å². The van der Waals surface area contributed by atoms with Gasteiger partial charge in [-0.3, -0.25) is 5.41 Å². The van der Waals surface area contributed by atoms with Crippen LogP contribution in [0.2, 0.25) is 0 Å². The van der Waals surface area contributed by atoms with Gasteiger partial charge in [-0.1, -0.05) is 30.3 Å². The molecule has 0 aliphatic heterocycles. The lowest BCUT2D eigenvalue weighted by Gasteiger charge is -2.05. The number of thioether (sulfide) groups is 1. The van der Waals surface area contributed by atoms with Crippen LogP contribution in [-0.4, -0.2) is 12.1 Å². The highest BCUT2D eigenvalue weighted by Gasteiger charge is 2.09. The lowest BCUT2D eigenvalue weighted by atomic mass is 10.2. The zero-order chi connectivity index (χ0) is 13.0. The highest BCUT2D eigenvalue weighted by atomic mass is 32.2. The van der Waals surface area contributed by atoms with Crippen LogP contribution < -0.4 is 11.1 Å². The Morgan fingerprint density at radius 2 is 2.11 bits per heavy atom. The summed E-state index contributed by atoms with van der Waals surface area (Å²) in [5.41, 5.74) is 7.81. The first-order valence-corrected chi connectivity index (χ1v) is 7.55. The van der Waals surface area contributed by atoms with E-state index >= 15 is 0 Å². The summed E-state index contributed by atoms with van der Waals surface area (Å²) in [4.78, 5) is 0.815. The second-order valence-corrected chi connectivity index (χ2v) is 5.90. The number of thiophene rings is 1. The minimum Gasteiger partial charge on any atom is -0.383 e. The van der Waals surface area contributed by atoms with Crippen molar-refractivity contribution in [1.29, 1.82) is 5.41 Å². The molecule has 0 radical (unpaired) electrons. The van der Waals surface area contributed by atoms with E-state index in [1.165, 1.54) is 5.56 Å². The summed E-state index contributed by atoms with van der Waals surface area (Å²) in [6.07, 6.45) is 2.03. The molecule has 0 aliphatic carbocycles. The second-order valence-electron chi connectivity index (χ2n) is 3.77. The number of nitrogens with one attached hydrogen (secondary N) is 2. The van der Waals surface area contributed by atoms with Crippen molar-refractivity contribution in [2.75, 3.05) is 11.6 Å². The van der Waals surface area contributed by atoms with Crippen LogP contribution in [0.1, 0.15) is 10.4 Å². The van der Waals surface area contributed by atoms with Gasteiger partial charge in [0, 0.05) is 6.54 Å². The Bertz CT molecular complexity index is 534. The topological polar surface area (TPSA) is 61.9 Å². The summed E-state index contributed by atoms with van der Waals surface area (Å²) in [5.74, 6) is 0.128. The molecular formula is C13H15N3S2. The summed E-state index contributed by atoms with van der Waals surface area (Å²) in [5, 5.41) is 10.9. The van der Waals surface area contributed by atoms with Crippen LogP contribution in [-0.2, 0) is 6.54 Å². The third-order valence-corrected chi connectivity index (χ3v) is 4.78. The molecule has 1 heterocycles. The van der Waals surface area contributed by atoms with E-state index in [2.05, 4.69) is 17.4 Å². The van der Waals surface area contributed by atoms with Gasteiger partial charge in [-0.05, 0) is 17.9 Å². The van der Waals surface area contributed by atoms with E-state index < -0.39 is 0 Å². The molecule has 18 heavy (non-hydrogen) atoms. The van der Waals surface area contributed by atoms with Crippen molar-refractivity contribution in [3.63, 3.8) is 0 Å². The Morgan fingerprint density at radius 1 is 1.39 bits per heavy atom. The minimum atomic E-state index is 0.128. The molecule has 1 aromatic carbocycles. The van der Waals surface area contributed by atoms with Crippen molar-refractivity contribution in [3.8, 4) is 0 Å². The molecule has 0 atom stereocenters. The molecule has 3 nitrogen and oxygen atoms in total. The highest BCUT2D eigenvalue weighted by molar-refractivity contribution is 8.00. The van der Waals surface area contributed by atoms with Crippen LogP contribution in [0.5, 0.6) is 0 Å². The summed E-state index contributed by atoms with van der Waals surface area (Å²) in [6, 6.07) is 12.2. The fourth-order valence-corrected chi connectivity index (χ4v) is 3.26. The standard InChI is InChI=1S/C13H15N3S2/c1-17-13-10(7-11(18-13)12(14)15)16-8-9-5-3-2-4-6-9/h2-7,16H,8H2,1H3,(H3,14,15). The van der Waals surface area contributed by atoms with Crippen molar-refractivity contribution in [2.45, 2.75) is 10.8 Å². The number of rotatable bonds is 5. The van der Waals surface area contributed by atoms with Crippen molar-refractivity contribution in [2.24, 2.45) is 5.73 Å². The predicted molar refractivity (Wildman–Crippen MR) is 80.9 cm³/mol. The molecule has 0 fully saturated rings. The number of nitrogen functional groups attached to an aromatic ring is 1. The van der Waals surface area contributed by atoms with Crippen LogP contribution in [0.3, 0.4) is 0 Å². The maximum absolute atomic E-state index is 7.47. The molecule has 2 rings (SSSR count). The van der Waals surface area contributed by atoms with Gasteiger partial charge in [0.05, 0.1) is 14.8 Å². The summed E-state index contributed by atoms with van der Waals surface area (Å²) < 4.78 is 1.16. The third kappa shape index (κ3) is 3.05. The molecule has 0 spiro atoms. The lowest BCUT2D eigenvalue weighted by molar-refractivity contribution is 1.14. The fourth-order valence-electron chi connectivity index (χ4n) is 1.58. The minimum absolute atomic E-state index is 0.128. The molecule has 0 saturated heterocycles. The van der Waals surface area contributed by atoms with Gasteiger partial charge in [0.1, 0.15) is 5.84 Å². The molecule has 0 unspecified atom stereocenters. The first kappa shape index (κ1) is 13.0. The van der Waals surface area contributed by atoms with Gasteiger partial charge >= 0.3 is 0 Å². The average Bonchev–Trinajstić information content (AvgIpc) is 2.81. The number of hydrogen-bond acceptors (Lipinski definition) is 4. The Balaban J connectivity index is 2.11. The van der Waals surface area contributed by atoms with Crippen molar-refractivity contribution in [1.82, 2.24) is 0 Å². The summed E-state index contributed by atoms with van der Waals surface area (Å²) >= 11 is 3.23. The molecule has 0 bridgehead atoms. The van der Waals surface area contributed by atoms with Crippen molar-refractivity contribution < 1.29 is 0 Å². The predicted octanol–water partition coefficient (Wildman–Crippen LogP) is 3.37. The highest BCUT2D eigenvalue weighted by Crippen LogP contribution is 2.34. The molecular weight excluding hydrogens is 262 g/mol. The van der Waals surface area contributed by atoms with Crippen LogP contribution in [0.25, 0.3) is 0 Å². The fraction of sp³-hybridized carbons (Fsp3) is 0.154. The van der Waals surface area contributed by atoms with Gasteiger partial charge in [-0.2, -0.15) is 0 Å². The number of amidine groups is 1. The molecule has 94 valence electrons. The molecule has 1 aromatic heterocycles. The zero-order valence-electron chi connectivity index (χ0n) is 10.1. The van der Waals surface area contributed by atoms with Gasteiger partial charge in [0.25, 0.3) is 0 Å². The smallest absolute Gasteiger partial charge is 0.133 e. The second kappa shape index (κ2) is 5.93. The van der Waals surface area contributed by atoms with Crippen molar-refractivity contribution >= 4 is 34.6 Å². The number of hydrogen-bond donors (Lipinski definition) is 3. The summed E-state index contributed by atoms with van der Waals surface area (Å²) in [6.45, 7) is 0.780. The monoisotopic (exact) mass is 277 g/mol. The maximum atomic E-state index is 7.47. The van der Waals surface area contributed by atoms with E-state index in [1.54, 1.807) is 23.1 Å². The zero-order valence-corrected chi connectivity index (χ0v) is 11.7. The van der Waals surface area contributed by atoms with Crippen LogP contribution in [0.15, 0.2) is 40.6 Å². The number of nitrogens with two attached hydrogens (primary N) is 1. The van der Waals surface area contributed by atoms with E-state index in [-0.39, 0.29) is 5.84 Å². The van der Waals surface area contributed by atoms with E-state index in [1.807, 2.05) is 30.5 Å². The van der Waals surface area contributed by atoms with Crippen LogP contribution >= 0.6 is 23.1 Å². The largest absolute Gasteiger partial charge is 0.383 e. The molecule has 0 saturated carbocycles. The van der Waals surface area contributed by atoms with E-state index in [0.29, 0.717) is 0 Å². The Labute approximate surface area is 115 Å². The first-order valence-electron chi connectivity index (χ1n) is 5.50. The lowest BCUT2D eigenvalue weighted by Crippen LogP contribution is -2.08. The van der Waals surface area contributed by atoms with Gasteiger partial charge in [0.15, 0.2) is 0 Å². The molecule has 0 aliphatic rings. The molecule has 4 N–H and O–H groups in total. The van der Waals surface area contributed by atoms with Gasteiger partial charge in [0.2, 0.25) is 0 Å². The van der Waals surface area contributed by atoms with E-state index in [4.69, 9.17) is 11.1 Å². The molecule has 5 heteroatoms.